The number of nitrogens with one attached hydrogen (secondary N) is 1. The third-order valence-corrected chi connectivity index (χ3v) is 1.67. The number of hydrogen-bond acceptors (Lipinski definition) is 4. The Morgan fingerprint density at radius 3 is 2.71 bits per heavy atom. The summed E-state index contributed by atoms with van der Waals surface area (Å²) in [5, 5.41) is 10.8. The van der Waals surface area contributed by atoms with Crippen molar-refractivity contribution in [1.29, 1.82) is 0 Å². The van der Waals surface area contributed by atoms with Gasteiger partial charge < -0.3 is 14.8 Å². The summed E-state index contributed by atoms with van der Waals surface area (Å²) in [6.45, 7) is 2.97. The first-order chi connectivity index (χ1) is 6.52. The molecule has 1 heterocycles. The fourth-order valence-corrected chi connectivity index (χ4v) is 0.844. The number of nitrogens with zero attached hydrogens (tertiary/aromatic N) is 1. The molecule has 1 amide bonds. The second-order valence-corrected chi connectivity index (χ2v) is 2.80. The molecule has 0 aliphatic rings. The lowest BCUT2D eigenvalue weighted by Gasteiger charge is -2.06. The summed E-state index contributed by atoms with van der Waals surface area (Å²) in [5.41, 5.74) is 0.431. The number of aromatic nitrogens is 1. The minimum absolute atomic E-state index is 0.0399. The molecule has 14 heavy (non-hydrogen) atoms. The van der Waals surface area contributed by atoms with Gasteiger partial charge in [-0.1, -0.05) is 0 Å². The monoisotopic (exact) mass is 198 g/mol. The maximum atomic E-state index is 11.3. The van der Waals surface area contributed by atoms with E-state index in [2.05, 4.69) is 10.3 Å². The van der Waals surface area contributed by atoms with Crippen LogP contribution < -0.4 is 5.32 Å². The summed E-state index contributed by atoms with van der Waals surface area (Å²) < 4.78 is 4.79. The molecule has 0 bridgehead atoms. The SMILES string of the molecule is Cc1ncoc1C(=O)NC(C)C(=O)O. The zero-order valence-corrected chi connectivity index (χ0v) is 7.77. The first-order valence-electron chi connectivity index (χ1n) is 3.96. The zero-order chi connectivity index (χ0) is 10.7. The van der Waals surface area contributed by atoms with Crippen LogP contribution in [0.1, 0.15) is 23.2 Å². The normalized spacial score (nSPS) is 12.1. The molecule has 0 saturated heterocycles. The molecule has 0 aliphatic heterocycles. The smallest absolute Gasteiger partial charge is 0.325 e. The van der Waals surface area contributed by atoms with Crippen LogP contribution >= 0.6 is 0 Å². The molecule has 0 saturated carbocycles. The van der Waals surface area contributed by atoms with Crippen LogP contribution in [-0.4, -0.2) is 28.0 Å². The van der Waals surface area contributed by atoms with Crippen LogP contribution in [0.3, 0.4) is 0 Å². The van der Waals surface area contributed by atoms with Gasteiger partial charge in [-0.05, 0) is 13.8 Å². The van der Waals surface area contributed by atoms with Crippen molar-refractivity contribution in [3.63, 3.8) is 0 Å². The van der Waals surface area contributed by atoms with E-state index in [9.17, 15) is 9.59 Å². The van der Waals surface area contributed by atoms with Gasteiger partial charge in [0.2, 0.25) is 5.76 Å². The molecule has 0 aromatic carbocycles. The highest BCUT2D eigenvalue weighted by molar-refractivity contribution is 5.94. The van der Waals surface area contributed by atoms with Gasteiger partial charge >= 0.3 is 5.97 Å². The molecule has 0 spiro atoms. The van der Waals surface area contributed by atoms with Gasteiger partial charge in [0.25, 0.3) is 5.91 Å². The molecule has 1 rings (SSSR count). The summed E-state index contributed by atoms with van der Waals surface area (Å²) in [7, 11) is 0. The van der Waals surface area contributed by atoms with E-state index in [1.165, 1.54) is 6.92 Å². The summed E-state index contributed by atoms with van der Waals surface area (Å²) in [6, 6.07) is -0.952. The van der Waals surface area contributed by atoms with Crippen LogP contribution in [0.4, 0.5) is 0 Å². The van der Waals surface area contributed by atoms with Gasteiger partial charge in [0, 0.05) is 0 Å². The number of carbonyl (C=O) groups is 2. The number of aliphatic carboxylic acids is 1. The fraction of sp³-hybridized carbons (Fsp3) is 0.375. The van der Waals surface area contributed by atoms with Gasteiger partial charge in [-0.3, -0.25) is 9.59 Å². The molecule has 0 fully saturated rings. The average Bonchev–Trinajstić information content (AvgIpc) is 2.51. The Kier molecular flexibility index (Phi) is 2.85. The first-order valence-corrected chi connectivity index (χ1v) is 3.96. The Morgan fingerprint density at radius 1 is 1.64 bits per heavy atom. The van der Waals surface area contributed by atoms with E-state index in [1.807, 2.05) is 0 Å². The minimum atomic E-state index is -1.10. The molecule has 1 atom stereocenters. The van der Waals surface area contributed by atoms with Crippen molar-refractivity contribution in [2.75, 3.05) is 0 Å². The van der Waals surface area contributed by atoms with Crippen molar-refractivity contribution < 1.29 is 19.1 Å². The van der Waals surface area contributed by atoms with Crippen LogP contribution in [0.2, 0.25) is 0 Å². The van der Waals surface area contributed by atoms with Gasteiger partial charge in [-0.2, -0.15) is 0 Å². The van der Waals surface area contributed by atoms with Gasteiger partial charge in [-0.25, -0.2) is 4.98 Å². The summed E-state index contributed by atoms with van der Waals surface area (Å²) in [5.74, 6) is -1.64. The largest absolute Gasteiger partial charge is 0.480 e. The lowest BCUT2D eigenvalue weighted by atomic mass is 10.3. The maximum Gasteiger partial charge on any atom is 0.325 e. The van der Waals surface area contributed by atoms with Crippen molar-refractivity contribution in [3.05, 3.63) is 17.8 Å². The van der Waals surface area contributed by atoms with Crippen LogP contribution in [0.25, 0.3) is 0 Å². The molecule has 1 aromatic heterocycles. The number of amides is 1. The van der Waals surface area contributed by atoms with Crippen molar-refractivity contribution in [3.8, 4) is 0 Å². The van der Waals surface area contributed by atoms with E-state index in [-0.39, 0.29) is 5.76 Å². The number of aryl methyl sites for hydroxylation is 1. The predicted molar refractivity (Wildman–Crippen MR) is 45.8 cm³/mol. The number of oxazole rings is 1. The Hall–Kier alpha value is -1.85. The highest BCUT2D eigenvalue weighted by Crippen LogP contribution is 2.04. The third kappa shape index (κ3) is 2.09. The van der Waals surface area contributed by atoms with Crippen LogP contribution in [0.5, 0.6) is 0 Å². The summed E-state index contributed by atoms with van der Waals surface area (Å²) in [4.78, 5) is 25.5. The van der Waals surface area contributed by atoms with Crippen molar-refractivity contribution in [1.82, 2.24) is 10.3 Å². The number of carbonyl (C=O) groups excluding carboxylic acids is 1. The highest BCUT2D eigenvalue weighted by Gasteiger charge is 2.19. The Bertz CT molecular complexity index is 358. The lowest BCUT2D eigenvalue weighted by molar-refractivity contribution is -0.138. The predicted octanol–water partition coefficient (Wildman–Crippen LogP) is 0.186. The van der Waals surface area contributed by atoms with Gasteiger partial charge in [0.05, 0.1) is 5.69 Å². The average molecular weight is 198 g/mol. The van der Waals surface area contributed by atoms with Crippen LogP contribution in [0.15, 0.2) is 10.8 Å². The van der Waals surface area contributed by atoms with E-state index in [0.29, 0.717) is 5.69 Å². The molecule has 0 aliphatic carbocycles. The molecule has 1 aromatic rings. The van der Waals surface area contributed by atoms with E-state index in [1.54, 1.807) is 6.92 Å². The quantitative estimate of drug-likeness (QED) is 0.723. The fourth-order valence-electron chi connectivity index (χ4n) is 0.844. The molecular weight excluding hydrogens is 188 g/mol. The van der Waals surface area contributed by atoms with Crippen molar-refractivity contribution in [2.45, 2.75) is 19.9 Å². The second-order valence-electron chi connectivity index (χ2n) is 2.80. The van der Waals surface area contributed by atoms with E-state index in [4.69, 9.17) is 9.52 Å². The number of rotatable bonds is 3. The molecule has 1 unspecified atom stereocenters. The van der Waals surface area contributed by atoms with Gasteiger partial charge in [-0.15, -0.1) is 0 Å². The maximum absolute atomic E-state index is 11.3. The number of carboxylic acid groups (broad SMARTS) is 1. The summed E-state index contributed by atoms with van der Waals surface area (Å²) in [6.07, 6.45) is 1.13. The number of carboxylic acids is 1. The molecular formula is C8H10N2O4. The lowest BCUT2D eigenvalue weighted by Crippen LogP contribution is -2.38. The minimum Gasteiger partial charge on any atom is -0.480 e. The molecule has 76 valence electrons. The van der Waals surface area contributed by atoms with Gasteiger partial charge in [0.15, 0.2) is 6.39 Å². The van der Waals surface area contributed by atoms with Crippen molar-refractivity contribution >= 4 is 11.9 Å². The zero-order valence-electron chi connectivity index (χ0n) is 7.77. The Labute approximate surface area is 79.9 Å². The van der Waals surface area contributed by atoms with Crippen molar-refractivity contribution in [2.24, 2.45) is 0 Å². The molecule has 2 N–H and O–H groups in total. The van der Waals surface area contributed by atoms with E-state index < -0.39 is 17.9 Å². The standard InChI is InChI=1S/C8H10N2O4/c1-4-6(14-3-9-4)7(11)10-5(2)8(12)13/h3,5H,1-2H3,(H,10,11)(H,12,13). The Balaban J connectivity index is 2.69. The Morgan fingerprint density at radius 2 is 2.29 bits per heavy atom. The van der Waals surface area contributed by atoms with Crippen LogP contribution in [0, 0.1) is 6.92 Å². The topological polar surface area (TPSA) is 92.4 Å². The molecule has 6 nitrogen and oxygen atoms in total. The van der Waals surface area contributed by atoms with Crippen LogP contribution in [-0.2, 0) is 4.79 Å². The van der Waals surface area contributed by atoms with Gasteiger partial charge in [0.1, 0.15) is 6.04 Å². The van der Waals surface area contributed by atoms with E-state index in [0.717, 1.165) is 6.39 Å². The van der Waals surface area contributed by atoms with E-state index >= 15 is 0 Å². The molecule has 0 radical (unpaired) electrons. The second kappa shape index (κ2) is 3.91. The third-order valence-electron chi connectivity index (χ3n) is 1.67. The highest BCUT2D eigenvalue weighted by atomic mass is 16.4. The first kappa shape index (κ1) is 10.2. The summed E-state index contributed by atoms with van der Waals surface area (Å²) >= 11 is 0. The molecule has 6 heteroatoms. The number of hydrogen-bond donors (Lipinski definition) is 2.